The van der Waals surface area contributed by atoms with Crippen LogP contribution in [-0.4, -0.2) is 52.6 Å². The van der Waals surface area contributed by atoms with Gasteiger partial charge in [-0.1, -0.05) is 11.8 Å². The van der Waals surface area contributed by atoms with Crippen LogP contribution in [-0.2, 0) is 22.5 Å². The lowest BCUT2D eigenvalue weighted by molar-refractivity contribution is -0.0396. The third-order valence-electron chi connectivity index (χ3n) is 5.36. The van der Waals surface area contributed by atoms with Gasteiger partial charge < -0.3 is 14.4 Å². The summed E-state index contributed by atoms with van der Waals surface area (Å²) in [7, 11) is 0. The van der Waals surface area contributed by atoms with Crippen molar-refractivity contribution in [3.05, 3.63) is 17.5 Å². The van der Waals surface area contributed by atoms with Crippen molar-refractivity contribution >= 4 is 49.3 Å². The minimum atomic E-state index is -0.233. The maximum absolute atomic E-state index is 8.98. The number of thiophene rings is 1. The Morgan fingerprint density at radius 2 is 2.10 bits per heavy atom. The first kappa shape index (κ1) is 19.0. The molecule has 150 valence electrons. The average Bonchev–Trinajstić information content (AvgIpc) is 3.11. The second kappa shape index (κ2) is 7.36. The van der Waals surface area contributed by atoms with Crippen LogP contribution in [0.4, 0.5) is 5.82 Å². The molecule has 7 nitrogen and oxygen atoms in total. The highest BCUT2D eigenvalue weighted by Crippen LogP contribution is 2.44. The molecular weight excluding hydrogens is 406 g/mol. The molecule has 5 rings (SSSR count). The summed E-state index contributed by atoms with van der Waals surface area (Å²) < 4.78 is 12.7. The number of nitriles is 1. The van der Waals surface area contributed by atoms with Gasteiger partial charge in [0.1, 0.15) is 22.0 Å². The van der Waals surface area contributed by atoms with Crippen LogP contribution in [0.15, 0.2) is 11.4 Å². The molecule has 0 atom stereocenters. The largest absolute Gasteiger partial charge is 0.378 e. The third kappa shape index (κ3) is 3.34. The second-order valence-electron chi connectivity index (χ2n) is 7.80. The summed E-state index contributed by atoms with van der Waals surface area (Å²) in [6.07, 6.45) is 2.41. The predicted molar refractivity (Wildman–Crippen MR) is 115 cm³/mol. The number of nitrogens with zero attached hydrogens (tertiary/aromatic N) is 5. The van der Waals surface area contributed by atoms with Crippen LogP contribution in [0.3, 0.4) is 0 Å². The molecule has 2 aliphatic heterocycles. The minimum absolute atomic E-state index is 0.233. The van der Waals surface area contributed by atoms with Gasteiger partial charge in [-0.15, -0.1) is 11.3 Å². The van der Waals surface area contributed by atoms with Gasteiger partial charge in [0.05, 0.1) is 47.5 Å². The zero-order valence-electron chi connectivity index (χ0n) is 16.4. The number of anilines is 1. The fourth-order valence-corrected chi connectivity index (χ4v) is 5.90. The summed E-state index contributed by atoms with van der Waals surface area (Å²) in [6.45, 7) is 7.92. The Hall–Kier alpha value is -1.99. The highest BCUT2D eigenvalue weighted by molar-refractivity contribution is 7.99. The summed E-state index contributed by atoms with van der Waals surface area (Å²) in [5.74, 6) is 1.38. The standard InChI is InChI=1S/C20H21N5O2S2/c1-20(2)9-12-13(10-27-20)17(25-4-6-26-7-5-25)24-18-14(12)15-16(29-18)19(23-11-22-15)28-8-3-21/h11H,4-10H2,1-2H3. The number of hydrogen-bond acceptors (Lipinski definition) is 9. The summed E-state index contributed by atoms with van der Waals surface area (Å²) in [6, 6.07) is 2.18. The zero-order valence-corrected chi connectivity index (χ0v) is 18.0. The van der Waals surface area contributed by atoms with Crippen LogP contribution in [0.2, 0.25) is 0 Å². The van der Waals surface area contributed by atoms with E-state index < -0.39 is 0 Å². The van der Waals surface area contributed by atoms with Crippen LogP contribution in [0.5, 0.6) is 0 Å². The number of ether oxygens (including phenoxy) is 2. The van der Waals surface area contributed by atoms with E-state index in [0.29, 0.717) is 25.6 Å². The van der Waals surface area contributed by atoms with E-state index >= 15 is 0 Å². The van der Waals surface area contributed by atoms with E-state index in [4.69, 9.17) is 19.7 Å². The van der Waals surface area contributed by atoms with E-state index in [0.717, 1.165) is 50.8 Å². The van der Waals surface area contributed by atoms with Crippen molar-refractivity contribution in [1.82, 2.24) is 15.0 Å². The van der Waals surface area contributed by atoms with Gasteiger partial charge in [-0.3, -0.25) is 0 Å². The fourth-order valence-electron chi connectivity index (χ4n) is 4.01. The monoisotopic (exact) mass is 427 g/mol. The van der Waals surface area contributed by atoms with E-state index in [1.165, 1.54) is 22.9 Å². The molecule has 0 saturated carbocycles. The maximum atomic E-state index is 8.98. The Morgan fingerprint density at radius 3 is 2.90 bits per heavy atom. The lowest BCUT2D eigenvalue weighted by Gasteiger charge is -2.36. The number of thioether (sulfide) groups is 1. The molecule has 3 aromatic heterocycles. The number of fused-ring (bicyclic) bond motifs is 5. The van der Waals surface area contributed by atoms with Gasteiger partial charge in [0.15, 0.2) is 0 Å². The summed E-state index contributed by atoms with van der Waals surface area (Å²) in [5.41, 5.74) is 3.16. The van der Waals surface area contributed by atoms with Crippen molar-refractivity contribution < 1.29 is 9.47 Å². The van der Waals surface area contributed by atoms with Crippen LogP contribution in [0.1, 0.15) is 25.0 Å². The number of pyridine rings is 1. The van der Waals surface area contributed by atoms with E-state index in [9.17, 15) is 0 Å². The lowest BCUT2D eigenvalue weighted by Crippen LogP contribution is -2.39. The van der Waals surface area contributed by atoms with Crippen molar-refractivity contribution in [2.45, 2.75) is 37.5 Å². The first-order valence-electron chi connectivity index (χ1n) is 9.63. The predicted octanol–water partition coefficient (Wildman–Crippen LogP) is 3.54. The first-order chi connectivity index (χ1) is 14.1. The van der Waals surface area contributed by atoms with Crippen molar-refractivity contribution in [2.24, 2.45) is 0 Å². The second-order valence-corrected chi connectivity index (χ2v) is 9.77. The van der Waals surface area contributed by atoms with Crippen LogP contribution < -0.4 is 4.90 Å². The molecule has 1 fully saturated rings. The molecule has 5 heterocycles. The first-order valence-corrected chi connectivity index (χ1v) is 11.4. The molecule has 1 saturated heterocycles. The molecule has 0 aliphatic carbocycles. The summed E-state index contributed by atoms with van der Waals surface area (Å²) >= 11 is 3.08. The van der Waals surface area contributed by atoms with E-state index in [2.05, 4.69) is 34.8 Å². The van der Waals surface area contributed by atoms with E-state index in [1.807, 2.05) is 0 Å². The van der Waals surface area contributed by atoms with Gasteiger partial charge in [0, 0.05) is 30.5 Å². The van der Waals surface area contributed by atoms with Crippen LogP contribution in [0.25, 0.3) is 20.4 Å². The van der Waals surface area contributed by atoms with Gasteiger partial charge in [-0.25, -0.2) is 15.0 Å². The van der Waals surface area contributed by atoms with Crippen molar-refractivity contribution in [2.75, 3.05) is 37.0 Å². The molecule has 3 aromatic rings. The smallest absolute Gasteiger partial charge is 0.136 e. The molecule has 0 unspecified atom stereocenters. The van der Waals surface area contributed by atoms with Gasteiger partial charge in [0.25, 0.3) is 0 Å². The Bertz CT molecular complexity index is 1130. The molecule has 0 spiro atoms. The highest BCUT2D eigenvalue weighted by Gasteiger charge is 2.33. The molecule has 0 bridgehead atoms. The van der Waals surface area contributed by atoms with E-state index in [1.54, 1.807) is 17.7 Å². The quantitative estimate of drug-likeness (QED) is 0.464. The Balaban J connectivity index is 1.76. The SMILES string of the molecule is CC1(C)Cc2c(c(N3CCOCC3)nc3sc4c(SCC#N)ncnc4c23)CO1. The molecule has 0 aromatic carbocycles. The number of aromatic nitrogens is 3. The van der Waals surface area contributed by atoms with Crippen molar-refractivity contribution in [3.63, 3.8) is 0 Å². The topological polar surface area (TPSA) is 84.2 Å². The van der Waals surface area contributed by atoms with E-state index in [-0.39, 0.29) is 5.60 Å². The zero-order chi connectivity index (χ0) is 20.0. The van der Waals surface area contributed by atoms with Gasteiger partial charge >= 0.3 is 0 Å². The Labute approximate surface area is 177 Å². The lowest BCUT2D eigenvalue weighted by atomic mass is 9.90. The fraction of sp³-hybridized carbons (Fsp3) is 0.500. The van der Waals surface area contributed by atoms with Gasteiger partial charge in [-0.2, -0.15) is 5.26 Å². The highest BCUT2D eigenvalue weighted by atomic mass is 32.2. The van der Waals surface area contributed by atoms with Gasteiger partial charge in [0.2, 0.25) is 0 Å². The molecule has 0 radical (unpaired) electrons. The summed E-state index contributed by atoms with van der Waals surface area (Å²) in [5, 5.41) is 11.0. The Morgan fingerprint density at radius 1 is 1.28 bits per heavy atom. The molecule has 0 N–H and O–H groups in total. The minimum Gasteiger partial charge on any atom is -0.378 e. The normalized spacial score (nSPS) is 18.7. The molecular formula is C20H21N5O2S2. The summed E-state index contributed by atoms with van der Waals surface area (Å²) in [4.78, 5) is 17.4. The Kier molecular flexibility index (Phi) is 4.82. The van der Waals surface area contributed by atoms with Crippen LogP contribution in [0, 0.1) is 11.3 Å². The molecule has 0 amide bonds. The molecule has 29 heavy (non-hydrogen) atoms. The third-order valence-corrected chi connectivity index (χ3v) is 7.42. The van der Waals surface area contributed by atoms with Crippen molar-refractivity contribution in [3.8, 4) is 6.07 Å². The number of hydrogen-bond donors (Lipinski definition) is 0. The average molecular weight is 428 g/mol. The van der Waals surface area contributed by atoms with Crippen LogP contribution >= 0.6 is 23.1 Å². The molecule has 9 heteroatoms. The number of morpholine rings is 1. The molecule has 2 aliphatic rings. The van der Waals surface area contributed by atoms with Crippen molar-refractivity contribution in [1.29, 1.82) is 5.26 Å². The van der Waals surface area contributed by atoms with Gasteiger partial charge in [-0.05, 0) is 19.4 Å². The maximum Gasteiger partial charge on any atom is 0.136 e. The number of rotatable bonds is 3.